The van der Waals surface area contributed by atoms with Crippen LogP contribution in [-0.4, -0.2) is 5.78 Å². The summed E-state index contributed by atoms with van der Waals surface area (Å²) >= 11 is 0. The molecule has 5 N–H and O–H groups in total. The Morgan fingerprint density at radius 2 is 1.69 bits per heavy atom. The third-order valence-electron chi connectivity index (χ3n) is 1.80. The highest BCUT2D eigenvalue weighted by Crippen LogP contribution is 2.06. The van der Waals surface area contributed by atoms with Gasteiger partial charge < -0.3 is 11.2 Å². The Kier molecular flexibility index (Phi) is 6.63. The van der Waals surface area contributed by atoms with E-state index in [0.717, 1.165) is 0 Å². The highest BCUT2D eigenvalue weighted by Gasteiger charge is 2.11. The number of hydrazine groups is 1. The van der Waals surface area contributed by atoms with Gasteiger partial charge in [0.25, 0.3) is 0 Å². The van der Waals surface area contributed by atoms with E-state index in [1.807, 2.05) is 19.9 Å². The predicted molar refractivity (Wildman–Crippen MR) is 66.3 cm³/mol. The normalized spacial score (nSPS) is 10.8. The largest absolute Gasteiger partial charge is 0.400 e. The summed E-state index contributed by atoms with van der Waals surface area (Å²) in [5, 5.41) is 0. The number of nitrogens with one attached hydrogen (secondary N) is 1. The molecule has 0 fully saturated rings. The van der Waals surface area contributed by atoms with Gasteiger partial charge >= 0.3 is 0 Å². The molecule has 0 spiro atoms. The standard InChI is InChI=1S/C10H13N3O.C2H6/c1-7(11)9(13-12)10(14)8-5-3-2-4-6-8;1-2/h2-6,13H,11-12H2,1H3;1-2H3/b9-7-;. The van der Waals surface area contributed by atoms with Crippen LogP contribution < -0.4 is 17.0 Å². The first kappa shape index (κ1) is 14.2. The molecule has 0 aliphatic carbocycles. The summed E-state index contributed by atoms with van der Waals surface area (Å²) in [4.78, 5) is 11.7. The molecule has 4 nitrogen and oxygen atoms in total. The lowest BCUT2D eigenvalue weighted by atomic mass is 10.1. The van der Waals surface area contributed by atoms with E-state index in [2.05, 4.69) is 5.43 Å². The molecule has 0 heterocycles. The van der Waals surface area contributed by atoms with Crippen molar-refractivity contribution in [2.75, 3.05) is 0 Å². The monoisotopic (exact) mass is 221 g/mol. The lowest BCUT2D eigenvalue weighted by molar-refractivity contribution is 0.102. The summed E-state index contributed by atoms with van der Waals surface area (Å²) < 4.78 is 0. The highest BCUT2D eigenvalue weighted by atomic mass is 16.1. The predicted octanol–water partition coefficient (Wildman–Crippen LogP) is 1.55. The van der Waals surface area contributed by atoms with Crippen LogP contribution in [0.5, 0.6) is 0 Å². The number of nitrogens with two attached hydrogens (primary N) is 2. The van der Waals surface area contributed by atoms with Gasteiger partial charge in [0.15, 0.2) is 0 Å². The van der Waals surface area contributed by atoms with Gasteiger partial charge in [-0.05, 0) is 6.92 Å². The SMILES string of the molecule is C/C(N)=C(/NN)C(=O)c1ccccc1.CC. The maximum Gasteiger partial charge on any atom is 0.211 e. The van der Waals surface area contributed by atoms with Crippen molar-refractivity contribution in [1.82, 2.24) is 5.43 Å². The first-order valence-corrected chi connectivity index (χ1v) is 5.19. The van der Waals surface area contributed by atoms with E-state index >= 15 is 0 Å². The molecular weight excluding hydrogens is 202 g/mol. The van der Waals surface area contributed by atoms with E-state index in [1.54, 1.807) is 31.2 Å². The van der Waals surface area contributed by atoms with Crippen LogP contribution in [0.4, 0.5) is 0 Å². The zero-order valence-corrected chi connectivity index (χ0v) is 9.95. The lowest BCUT2D eigenvalue weighted by Gasteiger charge is -2.07. The van der Waals surface area contributed by atoms with Gasteiger partial charge in [-0.3, -0.25) is 10.6 Å². The number of benzene rings is 1. The third kappa shape index (κ3) is 3.74. The molecule has 1 aromatic carbocycles. The Morgan fingerprint density at radius 3 is 2.06 bits per heavy atom. The Hall–Kier alpha value is -1.81. The Morgan fingerprint density at radius 1 is 1.19 bits per heavy atom. The molecule has 0 saturated heterocycles. The van der Waals surface area contributed by atoms with E-state index in [1.165, 1.54) is 0 Å². The molecule has 0 aliphatic rings. The minimum atomic E-state index is -0.201. The van der Waals surface area contributed by atoms with Gasteiger partial charge in [0.2, 0.25) is 5.78 Å². The minimum Gasteiger partial charge on any atom is -0.400 e. The van der Waals surface area contributed by atoms with Crippen molar-refractivity contribution >= 4 is 5.78 Å². The van der Waals surface area contributed by atoms with E-state index in [0.29, 0.717) is 11.3 Å². The number of hydrogen-bond acceptors (Lipinski definition) is 4. The Balaban J connectivity index is 0.00000106. The number of ketones is 1. The first-order valence-electron chi connectivity index (χ1n) is 5.19. The summed E-state index contributed by atoms with van der Waals surface area (Å²) in [6.07, 6.45) is 0. The molecule has 88 valence electrons. The number of allylic oxidation sites excluding steroid dienone is 2. The number of hydrogen-bond donors (Lipinski definition) is 3. The number of carbonyl (C=O) groups is 1. The van der Waals surface area contributed by atoms with Crippen LogP contribution in [0.15, 0.2) is 41.7 Å². The van der Waals surface area contributed by atoms with Crippen molar-refractivity contribution in [3.05, 3.63) is 47.3 Å². The van der Waals surface area contributed by atoms with Gasteiger partial charge in [-0.15, -0.1) is 0 Å². The minimum absolute atomic E-state index is 0.201. The van der Waals surface area contributed by atoms with Gasteiger partial charge in [0.05, 0.1) is 0 Å². The smallest absolute Gasteiger partial charge is 0.211 e. The van der Waals surface area contributed by atoms with E-state index in [-0.39, 0.29) is 11.5 Å². The average molecular weight is 221 g/mol. The Labute approximate surface area is 96.3 Å². The molecule has 0 aromatic heterocycles. The molecule has 0 radical (unpaired) electrons. The molecule has 4 heteroatoms. The molecule has 0 bridgehead atoms. The second-order valence-electron chi connectivity index (χ2n) is 2.90. The van der Waals surface area contributed by atoms with Gasteiger partial charge in [-0.2, -0.15) is 0 Å². The number of Topliss-reactive ketones (excluding diaryl/α,β-unsaturated/α-hetero) is 1. The van der Waals surface area contributed by atoms with Gasteiger partial charge in [-0.1, -0.05) is 44.2 Å². The molecular formula is C12H19N3O. The van der Waals surface area contributed by atoms with Crippen LogP contribution in [0.2, 0.25) is 0 Å². The number of rotatable bonds is 3. The van der Waals surface area contributed by atoms with E-state index in [9.17, 15) is 4.79 Å². The molecule has 0 atom stereocenters. The summed E-state index contributed by atoms with van der Waals surface area (Å²) in [5.74, 6) is 5.00. The second kappa shape index (κ2) is 7.48. The number of carbonyl (C=O) groups excluding carboxylic acids is 1. The summed E-state index contributed by atoms with van der Waals surface area (Å²) in [6, 6.07) is 8.83. The highest BCUT2D eigenvalue weighted by molar-refractivity contribution is 6.08. The van der Waals surface area contributed by atoms with Gasteiger partial charge in [0, 0.05) is 11.3 Å². The maximum atomic E-state index is 11.7. The quantitative estimate of drug-likeness (QED) is 0.313. The van der Waals surface area contributed by atoms with Crippen LogP contribution in [0, 0.1) is 0 Å². The average Bonchev–Trinajstić information content (AvgIpc) is 2.33. The maximum absolute atomic E-state index is 11.7. The fourth-order valence-corrected chi connectivity index (χ4v) is 1.09. The van der Waals surface area contributed by atoms with Crippen LogP contribution in [-0.2, 0) is 0 Å². The first-order chi connectivity index (χ1) is 7.66. The Bertz CT molecular complexity index is 354. The summed E-state index contributed by atoms with van der Waals surface area (Å²) in [6.45, 7) is 5.62. The third-order valence-corrected chi connectivity index (χ3v) is 1.80. The zero-order valence-electron chi connectivity index (χ0n) is 9.95. The molecule has 1 rings (SSSR count). The van der Waals surface area contributed by atoms with Gasteiger partial charge in [0.1, 0.15) is 5.70 Å². The fourth-order valence-electron chi connectivity index (χ4n) is 1.09. The van der Waals surface area contributed by atoms with Crippen molar-refractivity contribution < 1.29 is 4.79 Å². The summed E-state index contributed by atoms with van der Waals surface area (Å²) in [7, 11) is 0. The van der Waals surface area contributed by atoms with Crippen LogP contribution in [0.3, 0.4) is 0 Å². The molecule has 0 saturated carbocycles. The second-order valence-corrected chi connectivity index (χ2v) is 2.90. The van der Waals surface area contributed by atoms with E-state index < -0.39 is 0 Å². The topological polar surface area (TPSA) is 81.1 Å². The van der Waals surface area contributed by atoms with Crippen LogP contribution in [0.1, 0.15) is 31.1 Å². The van der Waals surface area contributed by atoms with Crippen molar-refractivity contribution in [2.45, 2.75) is 20.8 Å². The molecule has 1 aromatic rings. The zero-order chi connectivity index (χ0) is 12.6. The fraction of sp³-hybridized carbons (Fsp3) is 0.250. The van der Waals surface area contributed by atoms with Crippen LogP contribution >= 0.6 is 0 Å². The molecule has 0 aliphatic heterocycles. The van der Waals surface area contributed by atoms with E-state index in [4.69, 9.17) is 11.6 Å². The summed E-state index contributed by atoms with van der Waals surface area (Å²) in [5.41, 5.74) is 8.98. The molecule has 0 amide bonds. The van der Waals surface area contributed by atoms with Gasteiger partial charge in [-0.25, -0.2) is 0 Å². The van der Waals surface area contributed by atoms with Crippen LogP contribution in [0.25, 0.3) is 0 Å². The molecule has 16 heavy (non-hydrogen) atoms. The van der Waals surface area contributed by atoms with Crippen molar-refractivity contribution in [1.29, 1.82) is 0 Å². The van der Waals surface area contributed by atoms with Crippen molar-refractivity contribution in [3.63, 3.8) is 0 Å². The van der Waals surface area contributed by atoms with Crippen molar-refractivity contribution in [2.24, 2.45) is 11.6 Å². The van der Waals surface area contributed by atoms with Crippen molar-refractivity contribution in [3.8, 4) is 0 Å². The molecule has 0 unspecified atom stereocenters. The lowest BCUT2D eigenvalue weighted by Crippen LogP contribution is -2.29.